The Bertz CT molecular complexity index is 1330. The van der Waals surface area contributed by atoms with Crippen molar-refractivity contribution in [2.24, 2.45) is 0 Å². The lowest BCUT2D eigenvalue weighted by molar-refractivity contribution is 0.0946. The first-order chi connectivity index (χ1) is 14.2. The molecule has 3 rings (SSSR count). The van der Waals surface area contributed by atoms with Crippen LogP contribution in [0.5, 0.6) is 0 Å². The second kappa shape index (κ2) is 8.64. The zero-order valence-corrected chi connectivity index (χ0v) is 17.5. The monoisotopic (exact) mass is 462 g/mol. The van der Waals surface area contributed by atoms with Crippen LogP contribution in [0.4, 0.5) is 5.69 Å². The van der Waals surface area contributed by atoms with Crippen LogP contribution in [-0.4, -0.2) is 22.7 Å². The summed E-state index contributed by atoms with van der Waals surface area (Å²) in [6, 6.07) is 15.8. The first kappa shape index (κ1) is 21.5. The molecule has 1 amide bonds. The minimum atomic E-state index is -4.15. The van der Waals surface area contributed by atoms with Crippen molar-refractivity contribution in [1.82, 2.24) is 10.3 Å². The predicted molar refractivity (Wildman–Crippen MR) is 111 cm³/mol. The maximum absolute atomic E-state index is 12.5. The molecule has 0 aliphatic rings. The van der Waals surface area contributed by atoms with Crippen molar-refractivity contribution < 1.29 is 21.6 Å². The molecule has 0 radical (unpaired) electrons. The number of amides is 1. The van der Waals surface area contributed by atoms with Gasteiger partial charge in [0.2, 0.25) is 0 Å². The number of hydrazine groups is 1. The van der Waals surface area contributed by atoms with Crippen LogP contribution in [0.15, 0.2) is 75.1 Å². The highest BCUT2D eigenvalue weighted by atomic mass is 32.2. The van der Waals surface area contributed by atoms with E-state index in [1.54, 1.807) is 11.4 Å². The zero-order chi connectivity index (χ0) is 21.8. The lowest BCUT2D eigenvalue weighted by Gasteiger charge is -2.13. The minimum absolute atomic E-state index is 0.0194. The normalized spacial score (nSPS) is 11.4. The Balaban J connectivity index is 1.79. The van der Waals surface area contributed by atoms with E-state index in [2.05, 4.69) is 4.72 Å². The summed E-state index contributed by atoms with van der Waals surface area (Å²) >= 11 is 1.01. The Morgan fingerprint density at radius 3 is 2.40 bits per heavy atom. The molecule has 2 aromatic carbocycles. The fraction of sp³-hybridized carbons (Fsp3) is 0. The molecule has 3 aromatic rings. The van der Waals surface area contributed by atoms with Gasteiger partial charge in [0.1, 0.15) is 4.21 Å². The van der Waals surface area contributed by atoms with Crippen LogP contribution < -0.4 is 15.0 Å². The molecular formula is C18H14N4O5S3. The number of nitrogens with one attached hydrogen (secondary N) is 3. The van der Waals surface area contributed by atoms with Crippen LogP contribution in [0, 0.1) is 11.3 Å². The third-order valence-corrected chi connectivity index (χ3v) is 7.76. The smallest absolute Gasteiger partial charge is 0.271 e. The van der Waals surface area contributed by atoms with Crippen LogP contribution >= 0.6 is 11.3 Å². The fourth-order valence-electron chi connectivity index (χ4n) is 2.35. The molecule has 30 heavy (non-hydrogen) atoms. The van der Waals surface area contributed by atoms with Gasteiger partial charge >= 0.3 is 0 Å². The van der Waals surface area contributed by atoms with Gasteiger partial charge in [-0.2, -0.15) is 5.26 Å². The Labute approximate surface area is 177 Å². The highest BCUT2D eigenvalue weighted by Crippen LogP contribution is 2.22. The molecule has 154 valence electrons. The second-order valence-electron chi connectivity index (χ2n) is 5.78. The van der Waals surface area contributed by atoms with Crippen molar-refractivity contribution in [3.8, 4) is 6.07 Å². The minimum Gasteiger partial charge on any atom is -0.278 e. The van der Waals surface area contributed by atoms with Crippen LogP contribution in [0.2, 0.25) is 0 Å². The summed E-state index contributed by atoms with van der Waals surface area (Å²) in [5.74, 6) is -0.875. The van der Waals surface area contributed by atoms with Crippen molar-refractivity contribution in [1.29, 1.82) is 5.26 Å². The van der Waals surface area contributed by atoms with Crippen molar-refractivity contribution in [3.05, 3.63) is 77.2 Å². The largest absolute Gasteiger partial charge is 0.278 e. The summed E-state index contributed by atoms with van der Waals surface area (Å²) in [5, 5.41) is 10.5. The molecule has 9 nitrogen and oxygen atoms in total. The van der Waals surface area contributed by atoms with Gasteiger partial charge in [-0.1, -0.05) is 24.3 Å². The molecule has 0 saturated heterocycles. The van der Waals surface area contributed by atoms with E-state index >= 15 is 0 Å². The molecular weight excluding hydrogens is 448 g/mol. The molecule has 0 atom stereocenters. The van der Waals surface area contributed by atoms with Crippen LogP contribution in [0.1, 0.15) is 15.9 Å². The average Bonchev–Trinajstić information content (AvgIpc) is 3.28. The summed E-state index contributed by atoms with van der Waals surface area (Å²) < 4.78 is 52.0. The van der Waals surface area contributed by atoms with Crippen LogP contribution in [0.3, 0.4) is 0 Å². The average molecular weight is 463 g/mol. The van der Waals surface area contributed by atoms with Crippen molar-refractivity contribution in [3.63, 3.8) is 0 Å². The van der Waals surface area contributed by atoms with Gasteiger partial charge in [0.25, 0.3) is 26.0 Å². The zero-order valence-electron chi connectivity index (χ0n) is 15.1. The van der Waals surface area contributed by atoms with Gasteiger partial charge in [-0.25, -0.2) is 16.8 Å². The molecule has 0 fully saturated rings. The van der Waals surface area contributed by atoms with Gasteiger partial charge in [-0.15, -0.1) is 16.2 Å². The quantitative estimate of drug-likeness (QED) is 0.458. The lowest BCUT2D eigenvalue weighted by Crippen LogP contribution is -2.41. The molecule has 0 aliphatic heterocycles. The second-order valence-corrected chi connectivity index (χ2v) is 10.3. The summed E-state index contributed by atoms with van der Waals surface area (Å²) in [6.45, 7) is 0. The lowest BCUT2D eigenvalue weighted by atomic mass is 10.2. The van der Waals surface area contributed by atoms with E-state index in [0.29, 0.717) is 0 Å². The number of nitrogens with zero attached hydrogens (tertiary/aromatic N) is 1. The number of thiophene rings is 1. The molecule has 1 heterocycles. The van der Waals surface area contributed by atoms with E-state index in [-0.39, 0.29) is 25.9 Å². The SMILES string of the molecule is N#Cc1cccc(S(=O)(=O)NNC(=O)c2ccccc2NS(=O)(=O)c2cccs2)c1. The molecule has 12 heteroatoms. The topological polar surface area (TPSA) is 145 Å². The Hall–Kier alpha value is -3.24. The third-order valence-electron chi connectivity index (χ3n) is 3.75. The summed E-state index contributed by atoms with van der Waals surface area (Å²) in [6.07, 6.45) is 0. The van der Waals surface area contributed by atoms with E-state index in [1.165, 1.54) is 48.5 Å². The Morgan fingerprint density at radius 2 is 1.70 bits per heavy atom. The standard InChI is InChI=1S/C18H14N4O5S3/c19-12-13-5-3-6-14(11-13)29(24,25)22-20-18(23)15-7-1-2-8-16(15)21-30(26,27)17-9-4-10-28-17/h1-11,21-22H,(H,20,23). The van der Waals surface area contributed by atoms with E-state index in [0.717, 1.165) is 17.4 Å². The number of sulfonamides is 2. The summed E-state index contributed by atoms with van der Waals surface area (Å²) in [7, 11) is -8.05. The number of nitriles is 1. The van der Waals surface area contributed by atoms with Crippen molar-refractivity contribution in [2.45, 2.75) is 9.10 Å². The van der Waals surface area contributed by atoms with Gasteiger partial charge in [-0.3, -0.25) is 14.9 Å². The third kappa shape index (κ3) is 4.84. The van der Waals surface area contributed by atoms with E-state index in [9.17, 15) is 21.6 Å². The van der Waals surface area contributed by atoms with Crippen LogP contribution in [-0.2, 0) is 20.0 Å². The molecule has 0 spiro atoms. The molecule has 0 bridgehead atoms. The maximum Gasteiger partial charge on any atom is 0.271 e. The van der Waals surface area contributed by atoms with Gasteiger partial charge < -0.3 is 0 Å². The van der Waals surface area contributed by atoms with Crippen molar-refractivity contribution in [2.75, 3.05) is 4.72 Å². The maximum atomic E-state index is 12.5. The van der Waals surface area contributed by atoms with E-state index < -0.39 is 26.0 Å². The summed E-state index contributed by atoms with van der Waals surface area (Å²) in [4.78, 5) is 14.2. The fourth-order valence-corrected chi connectivity index (χ4v) is 5.31. The highest BCUT2D eigenvalue weighted by molar-refractivity contribution is 7.94. The molecule has 0 aliphatic carbocycles. The number of hydrogen-bond acceptors (Lipinski definition) is 7. The molecule has 1 aromatic heterocycles. The molecule has 0 unspecified atom stereocenters. The van der Waals surface area contributed by atoms with Gasteiger partial charge in [0, 0.05) is 0 Å². The molecule has 0 saturated carbocycles. The molecule has 3 N–H and O–H groups in total. The van der Waals surface area contributed by atoms with Crippen LogP contribution in [0.25, 0.3) is 0 Å². The number of benzene rings is 2. The van der Waals surface area contributed by atoms with E-state index in [1.807, 2.05) is 16.3 Å². The first-order valence-corrected chi connectivity index (χ1v) is 12.1. The first-order valence-electron chi connectivity index (χ1n) is 8.20. The Morgan fingerprint density at radius 1 is 0.933 bits per heavy atom. The number of para-hydroxylation sites is 1. The number of anilines is 1. The van der Waals surface area contributed by atoms with E-state index in [4.69, 9.17) is 5.26 Å². The number of hydrogen-bond donors (Lipinski definition) is 3. The van der Waals surface area contributed by atoms with Gasteiger partial charge in [-0.05, 0) is 41.8 Å². The van der Waals surface area contributed by atoms with Crippen molar-refractivity contribution >= 4 is 43.0 Å². The predicted octanol–water partition coefficient (Wildman–Crippen LogP) is 2.04. The number of carbonyl (C=O) groups is 1. The number of rotatable bonds is 7. The summed E-state index contributed by atoms with van der Waals surface area (Å²) in [5.41, 5.74) is 2.07. The number of carbonyl (C=O) groups excluding carboxylic acids is 1. The van der Waals surface area contributed by atoms with Gasteiger partial charge in [0.05, 0.1) is 27.8 Å². The highest BCUT2D eigenvalue weighted by Gasteiger charge is 2.21. The van der Waals surface area contributed by atoms with Gasteiger partial charge in [0.15, 0.2) is 0 Å². The Kier molecular flexibility index (Phi) is 6.18.